The predicted octanol–water partition coefficient (Wildman–Crippen LogP) is 10.6. The first-order valence-electron chi connectivity index (χ1n) is 19.6. The van der Waals surface area contributed by atoms with Gasteiger partial charge in [-0.2, -0.15) is 0 Å². The van der Waals surface area contributed by atoms with Crippen LogP contribution in [0.3, 0.4) is 0 Å². The van der Waals surface area contributed by atoms with Gasteiger partial charge in [0.25, 0.3) is 0 Å². The minimum Gasteiger partial charge on any atom is -0.545 e. The van der Waals surface area contributed by atoms with E-state index in [4.69, 9.17) is 4.79 Å². The Balaban J connectivity index is 0.000000237. The smallest absolute Gasteiger partial charge is 0.545 e. The van der Waals surface area contributed by atoms with E-state index in [1.807, 2.05) is 0 Å². The fraction of sp³-hybridized carbons (Fsp3) is 0.347. The zero-order valence-corrected chi connectivity index (χ0v) is 35.4. The van der Waals surface area contributed by atoms with E-state index in [9.17, 15) is 0 Å². The fourth-order valence-corrected chi connectivity index (χ4v) is 15.5. The molecule has 3 unspecified atom stereocenters. The zero-order chi connectivity index (χ0) is 35.1. The van der Waals surface area contributed by atoms with E-state index in [2.05, 4.69) is 158 Å². The zero-order valence-electron chi connectivity index (χ0n) is 31.6. The minimum absolute atomic E-state index is 0. The summed E-state index contributed by atoms with van der Waals surface area (Å²) < 4.78 is 0. The van der Waals surface area contributed by atoms with Crippen LogP contribution < -0.4 is 26.5 Å². The number of rotatable bonds is 9. The SMILES string of the molecule is [CH-]=O.[CH3-].[Ru+2].c1ccc([PH+](C[C@H](C2CCCCC2)C2CCC3CCCCC32)c2ccccc2)cc1.c1ccc([PH+](c2ccccc2)c2ccccc2)cc1. The molecular weight excluding hydrogens is 768 g/mol. The van der Waals surface area contributed by atoms with Crippen molar-refractivity contribution in [3.05, 3.63) is 159 Å². The third-order valence-corrected chi connectivity index (χ3v) is 17.7. The van der Waals surface area contributed by atoms with Crippen molar-refractivity contribution in [2.75, 3.05) is 6.16 Å². The molecule has 0 amide bonds. The molecule has 0 spiro atoms. The second-order valence-electron chi connectivity index (χ2n) is 14.9. The molecule has 278 valence electrons. The predicted molar refractivity (Wildman–Crippen MR) is 233 cm³/mol. The van der Waals surface area contributed by atoms with Crippen LogP contribution in [0.2, 0.25) is 0 Å². The van der Waals surface area contributed by atoms with Crippen molar-refractivity contribution >= 4 is 49.2 Å². The molecule has 3 fully saturated rings. The molecule has 8 rings (SSSR count). The van der Waals surface area contributed by atoms with E-state index in [0.29, 0.717) is 0 Å². The summed E-state index contributed by atoms with van der Waals surface area (Å²) in [7, 11) is -1.60. The Bertz CT molecular complexity index is 1530. The van der Waals surface area contributed by atoms with E-state index in [0.717, 1.165) is 29.6 Å². The average Bonchev–Trinajstić information content (AvgIpc) is 3.66. The third-order valence-electron chi connectivity index (χ3n) is 12.1. The second kappa shape index (κ2) is 23.2. The maximum absolute atomic E-state index is 7.75. The van der Waals surface area contributed by atoms with Crippen LogP contribution in [0, 0.1) is 37.0 Å². The summed E-state index contributed by atoms with van der Waals surface area (Å²) in [5.74, 6) is 5.11. The summed E-state index contributed by atoms with van der Waals surface area (Å²) in [6.07, 6.45) is 18.1. The molecule has 1 nitrogen and oxygen atoms in total. The summed E-state index contributed by atoms with van der Waals surface area (Å²) in [4.78, 5) is 7.75. The summed E-state index contributed by atoms with van der Waals surface area (Å²) in [6.45, 7) is 3.25. The van der Waals surface area contributed by atoms with Crippen molar-refractivity contribution in [1.29, 1.82) is 0 Å². The van der Waals surface area contributed by atoms with Crippen molar-refractivity contribution in [2.24, 2.45) is 29.6 Å². The Morgan fingerprint density at radius 3 is 1.28 bits per heavy atom. The first-order chi connectivity index (χ1) is 25.3. The number of carbonyl (C=O) groups excluding carboxylic acids is 1. The van der Waals surface area contributed by atoms with Crippen molar-refractivity contribution < 1.29 is 24.3 Å². The Hall–Kier alpha value is -2.75. The Kier molecular flexibility index (Phi) is 18.8. The Morgan fingerprint density at radius 1 is 0.472 bits per heavy atom. The molecular formula is C49H60OP2Ru+2. The van der Waals surface area contributed by atoms with Gasteiger partial charge in [0.05, 0.1) is 32.6 Å². The molecule has 0 radical (unpaired) electrons. The third kappa shape index (κ3) is 11.6. The van der Waals surface area contributed by atoms with Crippen LogP contribution in [-0.2, 0) is 24.3 Å². The van der Waals surface area contributed by atoms with Gasteiger partial charge in [-0.1, -0.05) is 142 Å². The van der Waals surface area contributed by atoms with Crippen molar-refractivity contribution in [1.82, 2.24) is 0 Å². The molecule has 0 aliphatic heterocycles. The maximum atomic E-state index is 7.75. The summed E-state index contributed by atoms with van der Waals surface area (Å²) >= 11 is 0. The van der Waals surface area contributed by atoms with E-state index < -0.39 is 15.8 Å². The molecule has 0 bridgehead atoms. The number of fused-ring (bicyclic) bond motifs is 1. The quantitative estimate of drug-likeness (QED) is 0.0626. The molecule has 5 aromatic carbocycles. The normalized spacial score (nSPS) is 19.9. The molecule has 0 heterocycles. The van der Waals surface area contributed by atoms with Crippen molar-refractivity contribution in [3.63, 3.8) is 0 Å². The van der Waals surface area contributed by atoms with Crippen LogP contribution in [0.4, 0.5) is 0 Å². The number of benzene rings is 5. The van der Waals surface area contributed by atoms with E-state index in [1.165, 1.54) is 92.7 Å². The van der Waals surface area contributed by atoms with E-state index in [1.54, 1.807) is 10.6 Å². The molecule has 4 atom stereocenters. The monoisotopic (exact) mass is 828 g/mol. The van der Waals surface area contributed by atoms with Crippen LogP contribution in [-0.4, -0.2) is 13.0 Å². The van der Waals surface area contributed by atoms with Crippen LogP contribution in [0.5, 0.6) is 0 Å². The summed E-state index contributed by atoms with van der Waals surface area (Å²) in [5.41, 5.74) is 0. The number of hydrogen-bond donors (Lipinski definition) is 0. The molecule has 3 aliphatic rings. The van der Waals surface area contributed by atoms with Crippen LogP contribution in [0.1, 0.15) is 70.6 Å². The topological polar surface area (TPSA) is 17.1 Å². The fourth-order valence-electron chi connectivity index (χ4n) is 9.77. The molecule has 3 aliphatic carbocycles. The minimum atomic E-state index is -0.877. The second-order valence-corrected chi connectivity index (χ2v) is 19.9. The number of hydrogen-bond acceptors (Lipinski definition) is 1. The maximum Gasteiger partial charge on any atom is 2.00 e. The van der Waals surface area contributed by atoms with Crippen LogP contribution in [0.15, 0.2) is 152 Å². The standard InChI is InChI=1S/C29H39P.C18H15P.CHO.CH3.Ru/c1-4-12-23(13-5-1)29(28-21-20-24-14-10-11-19-27(24)28)22-30(25-15-6-2-7-16-25)26-17-8-3-9-18-26;1-4-10-16(11-5-1)19(17-12-6-2-7-13-17)18-14-8-3-9-15-18;1-2;;/h2-3,6-9,15-18,23-24,27-29H,1,4-5,10-14,19-22H2;1-15H;1H;1H3;/q;;2*-1;+2/p+2/t24?,27?,28?,29-;;;;/m1..../s1. The molecule has 5 aromatic rings. The summed E-state index contributed by atoms with van der Waals surface area (Å²) in [5, 5.41) is 7.57. The molecule has 53 heavy (non-hydrogen) atoms. The van der Waals surface area contributed by atoms with Crippen molar-refractivity contribution in [3.8, 4) is 0 Å². The average molecular weight is 828 g/mol. The van der Waals surface area contributed by atoms with E-state index >= 15 is 0 Å². The molecule has 0 saturated heterocycles. The summed E-state index contributed by atoms with van der Waals surface area (Å²) in [6, 6.07) is 55.7. The van der Waals surface area contributed by atoms with Gasteiger partial charge in [-0.25, -0.2) is 0 Å². The van der Waals surface area contributed by atoms with Gasteiger partial charge in [0.2, 0.25) is 0 Å². The van der Waals surface area contributed by atoms with Gasteiger partial charge < -0.3 is 12.2 Å². The van der Waals surface area contributed by atoms with E-state index in [-0.39, 0.29) is 26.9 Å². The van der Waals surface area contributed by atoms with Crippen LogP contribution >= 0.6 is 15.8 Å². The Morgan fingerprint density at radius 2 is 0.849 bits per heavy atom. The van der Waals surface area contributed by atoms with Gasteiger partial charge in [0.1, 0.15) is 15.9 Å². The van der Waals surface area contributed by atoms with Gasteiger partial charge in [0.15, 0.2) is 0 Å². The van der Waals surface area contributed by atoms with Gasteiger partial charge in [-0.15, -0.1) is 0 Å². The molecule has 0 N–H and O–H groups in total. The van der Waals surface area contributed by atoms with Crippen LogP contribution in [0.25, 0.3) is 0 Å². The van der Waals surface area contributed by atoms with Crippen molar-refractivity contribution in [2.45, 2.75) is 70.6 Å². The van der Waals surface area contributed by atoms with Gasteiger partial charge in [-0.05, 0) is 110 Å². The molecule has 3 saturated carbocycles. The molecule has 4 heteroatoms. The first-order valence-corrected chi connectivity index (χ1v) is 22.8. The van der Waals surface area contributed by atoms with Gasteiger partial charge in [0, 0.05) is 0 Å². The Labute approximate surface area is 337 Å². The van der Waals surface area contributed by atoms with Gasteiger partial charge >= 0.3 is 19.5 Å². The molecule has 0 aromatic heterocycles. The first kappa shape index (κ1) is 43.0. The largest absolute Gasteiger partial charge is 2.00 e. The van der Waals surface area contributed by atoms with Gasteiger partial charge in [-0.3, -0.25) is 6.79 Å².